The number of aliphatic hydroxyl groups is 1. The average Bonchev–Trinajstić information content (AvgIpc) is 2.46. The Morgan fingerprint density at radius 2 is 2.05 bits per heavy atom. The highest BCUT2D eigenvalue weighted by atomic mass is 16.3. The largest absolute Gasteiger partial charge is 0.396 e. The molecule has 0 heterocycles. The molecule has 0 aromatic heterocycles. The summed E-state index contributed by atoms with van der Waals surface area (Å²) in [7, 11) is 0. The number of hydrogen-bond donors (Lipinski definition) is 4. The summed E-state index contributed by atoms with van der Waals surface area (Å²) >= 11 is 0. The normalized spacial score (nSPS) is 15.7. The van der Waals surface area contributed by atoms with Gasteiger partial charge in [-0.3, -0.25) is 4.99 Å². The summed E-state index contributed by atoms with van der Waals surface area (Å²) in [5, 5.41) is 19.8. The van der Waals surface area contributed by atoms with Gasteiger partial charge in [0.05, 0.1) is 23.7 Å². The topological polar surface area (TPSA) is 94.5 Å². The fourth-order valence-corrected chi connectivity index (χ4v) is 2.55. The molecule has 0 amide bonds. The predicted molar refractivity (Wildman–Crippen MR) is 95.4 cm³/mol. The van der Waals surface area contributed by atoms with Gasteiger partial charge < -0.3 is 21.6 Å². The molecule has 0 fully saturated rings. The van der Waals surface area contributed by atoms with Crippen molar-refractivity contribution < 1.29 is 5.11 Å². The van der Waals surface area contributed by atoms with Crippen LogP contribution in [0.2, 0.25) is 0 Å². The van der Waals surface area contributed by atoms with Gasteiger partial charge in [0, 0.05) is 19.3 Å². The summed E-state index contributed by atoms with van der Waals surface area (Å²) in [6.45, 7) is 13.1. The summed E-state index contributed by atoms with van der Waals surface area (Å²) in [5.74, 6) is 1.25. The molecule has 2 unspecified atom stereocenters. The van der Waals surface area contributed by atoms with E-state index in [0.29, 0.717) is 48.7 Å². The number of nitrogens with zero attached hydrogens (tertiary/aromatic N) is 1. The van der Waals surface area contributed by atoms with Gasteiger partial charge in [0.1, 0.15) is 0 Å². The smallest absolute Gasteiger partial charge is 0.0757 e. The Morgan fingerprint density at radius 1 is 1.41 bits per heavy atom. The van der Waals surface area contributed by atoms with Crippen LogP contribution in [0, 0.1) is 23.2 Å². The first-order valence-electron chi connectivity index (χ1n) is 7.88. The number of allylic oxidation sites excluding steroid dienone is 2. The van der Waals surface area contributed by atoms with Crippen LogP contribution in [-0.2, 0) is 0 Å². The fraction of sp³-hybridized carbons (Fsp3) is 0.647. The number of nitrogens with two attached hydrogens (primary N) is 1. The van der Waals surface area contributed by atoms with Crippen LogP contribution in [0.1, 0.15) is 34.1 Å². The molecule has 5 heteroatoms. The van der Waals surface area contributed by atoms with Crippen LogP contribution in [0.4, 0.5) is 0 Å². The lowest BCUT2D eigenvalue weighted by Crippen LogP contribution is -2.29. The van der Waals surface area contributed by atoms with Crippen molar-refractivity contribution in [1.29, 1.82) is 5.41 Å². The first kappa shape index (κ1) is 20.5. The van der Waals surface area contributed by atoms with E-state index in [1.807, 2.05) is 13.0 Å². The Hall–Kier alpha value is -1.46. The highest BCUT2D eigenvalue weighted by Crippen LogP contribution is 2.28. The molecule has 0 saturated carbocycles. The third kappa shape index (κ3) is 7.00. The minimum atomic E-state index is 0.0449. The maximum absolute atomic E-state index is 8.76. The maximum atomic E-state index is 8.76. The maximum Gasteiger partial charge on any atom is 0.0757 e. The molecule has 0 radical (unpaired) electrons. The molecular formula is C17H32N4O. The van der Waals surface area contributed by atoms with Crippen molar-refractivity contribution in [1.82, 2.24) is 5.32 Å². The highest BCUT2D eigenvalue weighted by Gasteiger charge is 2.20. The standard InChI is InChI=1S/C17H32N4O/c1-6-14(12(3)4)13(5)10-16(21-7-2)17(19)15(18)11-20-8-9-22/h6-7,12-14,18,20,22H,1,8-11,19H2,2-5H3/b17-16+,18-15?,21-7?. The Kier molecular flexibility index (Phi) is 10.4. The molecule has 126 valence electrons. The van der Waals surface area contributed by atoms with Gasteiger partial charge in [0.15, 0.2) is 0 Å². The zero-order chi connectivity index (χ0) is 17.1. The molecule has 22 heavy (non-hydrogen) atoms. The Morgan fingerprint density at radius 3 is 2.50 bits per heavy atom. The number of aliphatic hydroxyl groups excluding tert-OH is 1. The van der Waals surface area contributed by atoms with Gasteiger partial charge in [0.25, 0.3) is 0 Å². The quantitative estimate of drug-likeness (QED) is 0.268. The average molecular weight is 308 g/mol. The number of nitrogens with one attached hydrogen (secondary N) is 2. The molecule has 5 N–H and O–H groups in total. The Balaban J connectivity index is 5.06. The van der Waals surface area contributed by atoms with Crippen LogP contribution in [0.25, 0.3) is 0 Å². The van der Waals surface area contributed by atoms with Crippen molar-refractivity contribution in [2.45, 2.75) is 34.1 Å². The van der Waals surface area contributed by atoms with Crippen LogP contribution in [-0.4, -0.2) is 36.7 Å². The monoisotopic (exact) mass is 308 g/mol. The van der Waals surface area contributed by atoms with Crippen LogP contribution in [0.15, 0.2) is 29.0 Å². The van der Waals surface area contributed by atoms with E-state index >= 15 is 0 Å². The first-order chi connectivity index (χ1) is 10.4. The first-order valence-corrected chi connectivity index (χ1v) is 7.88. The van der Waals surface area contributed by atoms with Gasteiger partial charge >= 0.3 is 0 Å². The van der Waals surface area contributed by atoms with Gasteiger partial charge in [-0.1, -0.05) is 26.8 Å². The van der Waals surface area contributed by atoms with Crippen LogP contribution < -0.4 is 11.1 Å². The zero-order valence-corrected chi connectivity index (χ0v) is 14.4. The molecule has 0 aliphatic rings. The van der Waals surface area contributed by atoms with Gasteiger partial charge in [0.2, 0.25) is 0 Å². The molecule has 0 bridgehead atoms. The third-order valence-corrected chi connectivity index (χ3v) is 3.73. The second kappa shape index (κ2) is 11.2. The number of rotatable bonds is 11. The van der Waals surface area contributed by atoms with Crippen molar-refractivity contribution in [2.75, 3.05) is 19.7 Å². The van der Waals surface area contributed by atoms with E-state index in [-0.39, 0.29) is 6.61 Å². The van der Waals surface area contributed by atoms with Crippen LogP contribution in [0.5, 0.6) is 0 Å². The van der Waals surface area contributed by atoms with Gasteiger partial charge in [-0.05, 0) is 31.1 Å². The molecule has 0 saturated heterocycles. The fourth-order valence-electron chi connectivity index (χ4n) is 2.55. The molecule has 0 aromatic carbocycles. The lowest BCUT2D eigenvalue weighted by atomic mass is 9.82. The van der Waals surface area contributed by atoms with E-state index in [4.69, 9.17) is 16.2 Å². The number of aliphatic imine (C=N–C) groups is 1. The van der Waals surface area contributed by atoms with Crippen LogP contribution in [0.3, 0.4) is 0 Å². The molecule has 0 aromatic rings. The minimum Gasteiger partial charge on any atom is -0.396 e. The summed E-state index contributed by atoms with van der Waals surface area (Å²) in [6.07, 6.45) is 4.42. The zero-order valence-electron chi connectivity index (χ0n) is 14.4. The molecule has 0 spiro atoms. The highest BCUT2D eigenvalue weighted by molar-refractivity contribution is 5.99. The van der Waals surface area contributed by atoms with E-state index in [9.17, 15) is 0 Å². The second-order valence-corrected chi connectivity index (χ2v) is 5.87. The minimum absolute atomic E-state index is 0.0449. The van der Waals surface area contributed by atoms with Gasteiger partial charge in [-0.25, -0.2) is 0 Å². The number of hydrogen-bond acceptors (Lipinski definition) is 5. The summed E-state index contributed by atoms with van der Waals surface area (Å²) < 4.78 is 0. The third-order valence-electron chi connectivity index (χ3n) is 3.73. The molecule has 0 rings (SSSR count). The van der Waals surface area contributed by atoms with E-state index in [0.717, 1.165) is 5.70 Å². The van der Waals surface area contributed by atoms with Crippen molar-refractivity contribution in [2.24, 2.45) is 28.5 Å². The second-order valence-electron chi connectivity index (χ2n) is 5.87. The molecule has 5 nitrogen and oxygen atoms in total. The summed E-state index contributed by atoms with van der Waals surface area (Å²) in [6, 6.07) is 0. The van der Waals surface area contributed by atoms with Crippen LogP contribution >= 0.6 is 0 Å². The SMILES string of the molecule is C=CC(C(C)C)C(C)C/C(N=CC)=C(\N)C(=N)CNCCO. The van der Waals surface area contributed by atoms with E-state index in [2.05, 4.69) is 37.7 Å². The lowest BCUT2D eigenvalue weighted by Gasteiger charge is -2.25. The molecule has 0 aliphatic carbocycles. The summed E-state index contributed by atoms with van der Waals surface area (Å²) in [4.78, 5) is 4.37. The molecular weight excluding hydrogens is 276 g/mol. The van der Waals surface area contributed by atoms with Crippen molar-refractivity contribution in [3.8, 4) is 0 Å². The predicted octanol–water partition coefficient (Wildman–Crippen LogP) is 2.33. The lowest BCUT2D eigenvalue weighted by molar-refractivity contribution is 0.295. The molecule has 2 atom stereocenters. The van der Waals surface area contributed by atoms with Crippen molar-refractivity contribution in [3.05, 3.63) is 24.0 Å². The van der Waals surface area contributed by atoms with Gasteiger partial charge in [-0.15, -0.1) is 6.58 Å². The van der Waals surface area contributed by atoms with Crippen molar-refractivity contribution >= 4 is 11.9 Å². The summed E-state index contributed by atoms with van der Waals surface area (Å²) in [5.41, 5.74) is 7.58. The Bertz CT molecular complexity index is 413. The van der Waals surface area contributed by atoms with E-state index in [1.54, 1.807) is 6.21 Å². The van der Waals surface area contributed by atoms with E-state index in [1.165, 1.54) is 0 Å². The molecule has 0 aliphatic heterocycles. The van der Waals surface area contributed by atoms with E-state index < -0.39 is 0 Å². The van der Waals surface area contributed by atoms with Crippen molar-refractivity contribution in [3.63, 3.8) is 0 Å². The Labute approximate surface area is 134 Å². The van der Waals surface area contributed by atoms with Gasteiger partial charge in [-0.2, -0.15) is 0 Å².